The summed E-state index contributed by atoms with van der Waals surface area (Å²) in [5, 5.41) is 0. The Morgan fingerprint density at radius 1 is 1.25 bits per heavy atom. The van der Waals surface area contributed by atoms with Gasteiger partial charge in [-0.25, -0.2) is 4.79 Å². The van der Waals surface area contributed by atoms with Crippen LogP contribution in [0.15, 0.2) is 42.6 Å². The first kappa shape index (κ1) is 17.0. The molecule has 0 radical (unpaired) electrons. The summed E-state index contributed by atoms with van der Waals surface area (Å²) in [6, 6.07) is 10.7. The lowest BCUT2D eigenvalue weighted by Gasteiger charge is -2.38. The molecular formula is C20H28N2O2. The van der Waals surface area contributed by atoms with Gasteiger partial charge in [0, 0.05) is 38.5 Å². The Morgan fingerprint density at radius 2 is 1.92 bits per heavy atom. The molecule has 2 aliphatic rings. The van der Waals surface area contributed by atoms with Gasteiger partial charge in [0.05, 0.1) is 5.70 Å². The SMILES string of the molecule is C=C1N(C(C)CC)C(=O)OC12CCN(CCc1ccccc1)CC2. The van der Waals surface area contributed by atoms with Crippen LogP contribution in [0.1, 0.15) is 38.7 Å². The van der Waals surface area contributed by atoms with Crippen LogP contribution in [0.5, 0.6) is 0 Å². The van der Waals surface area contributed by atoms with E-state index in [9.17, 15) is 4.79 Å². The second-order valence-electron chi connectivity index (χ2n) is 7.01. The standard InChI is InChI=1S/C20H28N2O2/c1-4-16(2)22-17(3)20(24-19(22)23)11-14-21(15-12-20)13-10-18-8-6-5-7-9-18/h5-9,16H,3-4,10-15H2,1-2H3. The van der Waals surface area contributed by atoms with Crippen LogP contribution in [0.4, 0.5) is 4.79 Å². The third kappa shape index (κ3) is 3.20. The smallest absolute Gasteiger partial charge is 0.415 e. The molecule has 0 N–H and O–H groups in total. The van der Waals surface area contributed by atoms with Crippen molar-refractivity contribution in [1.82, 2.24) is 9.80 Å². The molecule has 0 aromatic heterocycles. The number of hydrogen-bond donors (Lipinski definition) is 0. The molecule has 24 heavy (non-hydrogen) atoms. The van der Waals surface area contributed by atoms with E-state index in [1.54, 1.807) is 4.90 Å². The Hall–Kier alpha value is -1.81. The van der Waals surface area contributed by atoms with Gasteiger partial charge in [-0.1, -0.05) is 43.8 Å². The van der Waals surface area contributed by atoms with Crippen LogP contribution in [-0.4, -0.2) is 47.2 Å². The number of likely N-dealkylation sites (tertiary alicyclic amines) is 1. The van der Waals surface area contributed by atoms with E-state index in [-0.39, 0.29) is 12.1 Å². The maximum absolute atomic E-state index is 12.3. The van der Waals surface area contributed by atoms with E-state index in [2.05, 4.69) is 55.7 Å². The van der Waals surface area contributed by atoms with Crippen LogP contribution in [0.2, 0.25) is 0 Å². The second-order valence-corrected chi connectivity index (χ2v) is 7.01. The molecule has 1 atom stereocenters. The zero-order chi connectivity index (χ0) is 17.2. The maximum atomic E-state index is 12.3. The van der Waals surface area contributed by atoms with Crippen molar-refractivity contribution in [2.75, 3.05) is 19.6 Å². The van der Waals surface area contributed by atoms with Crippen molar-refractivity contribution < 1.29 is 9.53 Å². The fraction of sp³-hybridized carbons (Fsp3) is 0.550. The molecule has 1 aromatic rings. The zero-order valence-electron chi connectivity index (χ0n) is 14.8. The Kier molecular flexibility index (Phi) is 4.95. The minimum absolute atomic E-state index is 0.153. The molecule has 0 aliphatic carbocycles. The van der Waals surface area contributed by atoms with Crippen molar-refractivity contribution in [3.63, 3.8) is 0 Å². The van der Waals surface area contributed by atoms with Crippen molar-refractivity contribution in [2.24, 2.45) is 0 Å². The second kappa shape index (κ2) is 6.98. The maximum Gasteiger partial charge on any atom is 0.415 e. The number of piperidine rings is 1. The number of nitrogens with zero attached hydrogens (tertiary/aromatic N) is 2. The normalized spacial score (nSPS) is 22.0. The number of ether oxygens (including phenoxy) is 1. The van der Waals surface area contributed by atoms with Gasteiger partial charge in [-0.05, 0) is 25.3 Å². The topological polar surface area (TPSA) is 32.8 Å². The molecule has 4 nitrogen and oxygen atoms in total. The third-order valence-corrected chi connectivity index (χ3v) is 5.55. The molecule has 1 aromatic carbocycles. The summed E-state index contributed by atoms with van der Waals surface area (Å²) in [5.74, 6) is 0. The quantitative estimate of drug-likeness (QED) is 0.823. The Bertz CT molecular complexity index is 591. The van der Waals surface area contributed by atoms with E-state index in [0.717, 1.165) is 51.0 Å². The molecular weight excluding hydrogens is 300 g/mol. The summed E-state index contributed by atoms with van der Waals surface area (Å²) in [5.41, 5.74) is 1.77. The minimum Gasteiger partial charge on any atom is -0.436 e. The lowest BCUT2D eigenvalue weighted by atomic mass is 9.88. The van der Waals surface area contributed by atoms with Gasteiger partial charge in [-0.15, -0.1) is 0 Å². The van der Waals surface area contributed by atoms with Crippen LogP contribution >= 0.6 is 0 Å². The predicted molar refractivity (Wildman–Crippen MR) is 95.8 cm³/mol. The van der Waals surface area contributed by atoms with Crippen LogP contribution in [0, 0.1) is 0 Å². The molecule has 1 amide bonds. The molecule has 2 aliphatic heterocycles. The zero-order valence-corrected chi connectivity index (χ0v) is 14.8. The van der Waals surface area contributed by atoms with E-state index in [1.807, 2.05) is 0 Å². The van der Waals surface area contributed by atoms with Gasteiger partial charge in [0.15, 0.2) is 5.60 Å². The first-order valence-corrected chi connectivity index (χ1v) is 9.03. The lowest BCUT2D eigenvalue weighted by Crippen LogP contribution is -2.46. The Balaban J connectivity index is 1.56. The van der Waals surface area contributed by atoms with Crippen LogP contribution in [0.25, 0.3) is 0 Å². The summed E-state index contributed by atoms with van der Waals surface area (Å²) in [7, 11) is 0. The van der Waals surface area contributed by atoms with Crippen molar-refractivity contribution in [2.45, 2.75) is 51.2 Å². The van der Waals surface area contributed by atoms with E-state index in [0.29, 0.717) is 0 Å². The minimum atomic E-state index is -0.468. The molecule has 1 spiro atoms. The van der Waals surface area contributed by atoms with Crippen molar-refractivity contribution in [3.8, 4) is 0 Å². The summed E-state index contributed by atoms with van der Waals surface area (Å²) < 4.78 is 5.81. The number of amides is 1. The summed E-state index contributed by atoms with van der Waals surface area (Å²) in [6.45, 7) is 11.3. The molecule has 2 heterocycles. The third-order valence-electron chi connectivity index (χ3n) is 5.55. The lowest BCUT2D eigenvalue weighted by molar-refractivity contribution is 0.0149. The number of benzene rings is 1. The molecule has 1 unspecified atom stereocenters. The van der Waals surface area contributed by atoms with Crippen molar-refractivity contribution in [1.29, 1.82) is 0 Å². The number of carbonyl (C=O) groups is 1. The van der Waals surface area contributed by atoms with E-state index >= 15 is 0 Å². The predicted octanol–water partition coefficient (Wildman–Crippen LogP) is 3.83. The highest BCUT2D eigenvalue weighted by atomic mass is 16.6. The number of hydrogen-bond acceptors (Lipinski definition) is 3. The molecule has 2 saturated heterocycles. The molecule has 4 heteroatoms. The van der Waals surface area contributed by atoms with Gasteiger partial charge in [0.2, 0.25) is 0 Å². The highest BCUT2D eigenvalue weighted by Crippen LogP contribution is 2.41. The van der Waals surface area contributed by atoms with Gasteiger partial charge in [0.1, 0.15) is 0 Å². The van der Waals surface area contributed by atoms with E-state index in [4.69, 9.17) is 4.74 Å². The van der Waals surface area contributed by atoms with Gasteiger partial charge >= 0.3 is 6.09 Å². The fourth-order valence-electron chi connectivity index (χ4n) is 3.69. The monoisotopic (exact) mass is 328 g/mol. The Labute approximate surface area is 145 Å². The molecule has 0 saturated carbocycles. The van der Waals surface area contributed by atoms with Crippen LogP contribution < -0.4 is 0 Å². The number of carbonyl (C=O) groups excluding carboxylic acids is 1. The van der Waals surface area contributed by atoms with E-state index < -0.39 is 5.60 Å². The average Bonchev–Trinajstić information content (AvgIpc) is 2.85. The fourth-order valence-corrected chi connectivity index (χ4v) is 3.69. The molecule has 130 valence electrons. The average molecular weight is 328 g/mol. The highest BCUT2D eigenvalue weighted by molar-refractivity contribution is 5.75. The summed E-state index contributed by atoms with van der Waals surface area (Å²) in [6.07, 6.45) is 3.45. The Morgan fingerprint density at radius 3 is 2.54 bits per heavy atom. The molecule has 0 bridgehead atoms. The summed E-state index contributed by atoms with van der Waals surface area (Å²) >= 11 is 0. The first-order valence-electron chi connectivity index (χ1n) is 9.03. The van der Waals surface area contributed by atoms with Crippen molar-refractivity contribution >= 4 is 6.09 Å². The number of rotatable bonds is 5. The van der Waals surface area contributed by atoms with Crippen molar-refractivity contribution in [3.05, 3.63) is 48.2 Å². The van der Waals surface area contributed by atoms with Gasteiger partial charge in [-0.2, -0.15) is 0 Å². The largest absolute Gasteiger partial charge is 0.436 e. The van der Waals surface area contributed by atoms with Gasteiger partial charge < -0.3 is 9.64 Å². The van der Waals surface area contributed by atoms with Gasteiger partial charge in [0.25, 0.3) is 0 Å². The molecule has 2 fully saturated rings. The highest BCUT2D eigenvalue weighted by Gasteiger charge is 2.51. The van der Waals surface area contributed by atoms with Gasteiger partial charge in [-0.3, -0.25) is 4.90 Å². The first-order chi connectivity index (χ1) is 11.6. The van der Waals surface area contributed by atoms with E-state index in [1.165, 1.54) is 5.56 Å². The molecule has 3 rings (SSSR count). The van der Waals surface area contributed by atoms with Crippen LogP contribution in [-0.2, 0) is 11.2 Å². The van der Waals surface area contributed by atoms with Crippen LogP contribution in [0.3, 0.4) is 0 Å². The summed E-state index contributed by atoms with van der Waals surface area (Å²) in [4.78, 5) is 16.5.